The van der Waals surface area contributed by atoms with Crippen molar-refractivity contribution in [2.24, 2.45) is 0 Å². The highest BCUT2D eigenvalue weighted by Crippen LogP contribution is 2.32. The monoisotopic (exact) mass is 234 g/mol. The van der Waals surface area contributed by atoms with Gasteiger partial charge in [0.2, 0.25) is 6.79 Å². The van der Waals surface area contributed by atoms with Crippen molar-refractivity contribution in [1.29, 1.82) is 0 Å². The number of fused-ring (bicyclic) bond motifs is 1. The van der Waals surface area contributed by atoms with Crippen molar-refractivity contribution in [3.05, 3.63) is 23.8 Å². The largest absolute Gasteiger partial charge is 0.454 e. The predicted molar refractivity (Wildman–Crippen MR) is 65.3 cm³/mol. The molecule has 1 aromatic rings. The summed E-state index contributed by atoms with van der Waals surface area (Å²) in [6.07, 6.45) is 1.24. The molecular weight excluding hydrogens is 216 g/mol. The number of rotatable bonds is 3. The standard InChI is InChI=1S/C13H18N2O2/c1-15(11-4-5-14-7-11)8-10-2-3-12-13(6-10)17-9-16-12/h2-3,6,11,14H,4-5,7-9H2,1H3. The molecule has 1 fully saturated rings. The van der Waals surface area contributed by atoms with Crippen molar-refractivity contribution in [1.82, 2.24) is 10.2 Å². The first kappa shape index (κ1) is 10.9. The summed E-state index contributed by atoms with van der Waals surface area (Å²) in [5.41, 5.74) is 1.28. The van der Waals surface area contributed by atoms with Crippen LogP contribution in [-0.2, 0) is 6.54 Å². The fourth-order valence-corrected chi connectivity index (χ4v) is 2.47. The van der Waals surface area contributed by atoms with Gasteiger partial charge in [0.1, 0.15) is 0 Å². The normalized spacial score (nSPS) is 22.4. The molecule has 0 bridgehead atoms. The average molecular weight is 234 g/mol. The molecule has 0 aliphatic carbocycles. The maximum Gasteiger partial charge on any atom is 0.231 e. The Morgan fingerprint density at radius 1 is 1.35 bits per heavy atom. The SMILES string of the molecule is CN(Cc1ccc2c(c1)OCO2)C1CCNC1. The third-order valence-corrected chi connectivity index (χ3v) is 3.53. The van der Waals surface area contributed by atoms with E-state index in [-0.39, 0.29) is 0 Å². The van der Waals surface area contributed by atoms with Gasteiger partial charge < -0.3 is 14.8 Å². The first-order valence-electron chi connectivity index (χ1n) is 6.12. The van der Waals surface area contributed by atoms with Crippen LogP contribution in [-0.4, -0.2) is 37.9 Å². The number of hydrogen-bond acceptors (Lipinski definition) is 4. The maximum atomic E-state index is 5.39. The number of ether oxygens (including phenoxy) is 2. The second-order valence-electron chi connectivity index (χ2n) is 4.75. The van der Waals surface area contributed by atoms with Gasteiger partial charge in [-0.3, -0.25) is 4.90 Å². The van der Waals surface area contributed by atoms with Gasteiger partial charge in [0.15, 0.2) is 11.5 Å². The molecule has 1 N–H and O–H groups in total. The van der Waals surface area contributed by atoms with Crippen LogP contribution in [0.2, 0.25) is 0 Å². The minimum Gasteiger partial charge on any atom is -0.454 e. The fourth-order valence-electron chi connectivity index (χ4n) is 2.47. The van der Waals surface area contributed by atoms with Crippen LogP contribution in [0.3, 0.4) is 0 Å². The van der Waals surface area contributed by atoms with Crippen molar-refractivity contribution in [2.45, 2.75) is 19.0 Å². The van der Waals surface area contributed by atoms with E-state index in [1.165, 1.54) is 12.0 Å². The van der Waals surface area contributed by atoms with E-state index in [9.17, 15) is 0 Å². The topological polar surface area (TPSA) is 33.7 Å². The lowest BCUT2D eigenvalue weighted by Gasteiger charge is -2.23. The molecule has 4 nitrogen and oxygen atoms in total. The first-order chi connectivity index (χ1) is 8.33. The van der Waals surface area contributed by atoms with Gasteiger partial charge in [-0.1, -0.05) is 6.07 Å². The fraction of sp³-hybridized carbons (Fsp3) is 0.538. The lowest BCUT2D eigenvalue weighted by molar-refractivity contribution is 0.174. The molecule has 1 aromatic carbocycles. The number of benzene rings is 1. The van der Waals surface area contributed by atoms with Crippen LogP contribution in [0.25, 0.3) is 0 Å². The first-order valence-corrected chi connectivity index (χ1v) is 6.12. The minimum absolute atomic E-state index is 0.348. The number of nitrogens with one attached hydrogen (secondary N) is 1. The summed E-state index contributed by atoms with van der Waals surface area (Å²) >= 11 is 0. The smallest absolute Gasteiger partial charge is 0.231 e. The van der Waals surface area contributed by atoms with Gasteiger partial charge in [-0.15, -0.1) is 0 Å². The van der Waals surface area contributed by atoms with Gasteiger partial charge >= 0.3 is 0 Å². The van der Waals surface area contributed by atoms with E-state index in [0.29, 0.717) is 12.8 Å². The zero-order chi connectivity index (χ0) is 11.7. The Kier molecular flexibility index (Phi) is 2.91. The molecule has 92 valence electrons. The van der Waals surface area contributed by atoms with Gasteiger partial charge in [-0.25, -0.2) is 0 Å². The Morgan fingerprint density at radius 2 is 2.24 bits per heavy atom. The molecule has 0 spiro atoms. The van der Waals surface area contributed by atoms with Crippen LogP contribution in [0, 0.1) is 0 Å². The van der Waals surface area contributed by atoms with Crippen LogP contribution >= 0.6 is 0 Å². The highest BCUT2D eigenvalue weighted by molar-refractivity contribution is 5.44. The van der Waals surface area contributed by atoms with Crippen molar-refractivity contribution >= 4 is 0 Å². The molecule has 17 heavy (non-hydrogen) atoms. The summed E-state index contributed by atoms with van der Waals surface area (Å²) in [7, 11) is 2.18. The summed E-state index contributed by atoms with van der Waals surface area (Å²) in [6, 6.07) is 6.85. The molecule has 0 aromatic heterocycles. The molecule has 0 radical (unpaired) electrons. The van der Waals surface area contributed by atoms with E-state index in [1.54, 1.807) is 0 Å². The Balaban J connectivity index is 1.68. The molecule has 2 aliphatic heterocycles. The van der Waals surface area contributed by atoms with Crippen molar-refractivity contribution in [2.75, 3.05) is 26.9 Å². The van der Waals surface area contributed by atoms with Gasteiger partial charge in [0.05, 0.1) is 0 Å². The number of nitrogens with zero attached hydrogens (tertiary/aromatic N) is 1. The second-order valence-corrected chi connectivity index (χ2v) is 4.75. The van der Waals surface area contributed by atoms with E-state index in [4.69, 9.17) is 9.47 Å². The Labute approximate surface area is 102 Å². The Bertz CT molecular complexity index is 402. The van der Waals surface area contributed by atoms with Crippen LogP contribution in [0.5, 0.6) is 11.5 Å². The molecule has 0 saturated carbocycles. The van der Waals surface area contributed by atoms with E-state index in [2.05, 4.69) is 29.4 Å². The second kappa shape index (κ2) is 4.55. The predicted octanol–water partition coefficient (Wildman–Crippen LogP) is 1.21. The third kappa shape index (κ3) is 2.23. The maximum absolute atomic E-state index is 5.39. The van der Waals surface area contributed by atoms with Crippen LogP contribution in [0.15, 0.2) is 18.2 Å². The third-order valence-electron chi connectivity index (χ3n) is 3.53. The molecule has 1 atom stereocenters. The zero-order valence-corrected chi connectivity index (χ0v) is 10.1. The van der Waals surface area contributed by atoms with Crippen LogP contribution in [0.4, 0.5) is 0 Å². The van der Waals surface area contributed by atoms with E-state index in [0.717, 1.165) is 31.1 Å². The van der Waals surface area contributed by atoms with Gasteiger partial charge in [-0.2, -0.15) is 0 Å². The van der Waals surface area contributed by atoms with E-state index in [1.807, 2.05) is 6.07 Å². The molecular formula is C13H18N2O2. The van der Waals surface area contributed by atoms with Crippen LogP contribution < -0.4 is 14.8 Å². The van der Waals surface area contributed by atoms with Crippen LogP contribution in [0.1, 0.15) is 12.0 Å². The summed E-state index contributed by atoms with van der Waals surface area (Å²) in [5, 5.41) is 3.39. The highest BCUT2D eigenvalue weighted by atomic mass is 16.7. The molecule has 1 saturated heterocycles. The Hall–Kier alpha value is -1.26. The summed E-state index contributed by atoms with van der Waals surface area (Å²) in [6.45, 7) is 3.54. The molecule has 2 heterocycles. The highest BCUT2D eigenvalue weighted by Gasteiger charge is 2.20. The number of hydrogen-bond donors (Lipinski definition) is 1. The lowest BCUT2D eigenvalue weighted by Crippen LogP contribution is -2.32. The quantitative estimate of drug-likeness (QED) is 0.852. The molecule has 2 aliphatic rings. The molecule has 1 unspecified atom stereocenters. The van der Waals surface area contributed by atoms with E-state index < -0.39 is 0 Å². The Morgan fingerprint density at radius 3 is 3.06 bits per heavy atom. The summed E-state index contributed by atoms with van der Waals surface area (Å²) in [5.74, 6) is 1.74. The molecule has 3 rings (SSSR count). The van der Waals surface area contributed by atoms with Crippen molar-refractivity contribution in [3.63, 3.8) is 0 Å². The van der Waals surface area contributed by atoms with Crippen molar-refractivity contribution in [3.8, 4) is 11.5 Å². The summed E-state index contributed by atoms with van der Waals surface area (Å²) < 4.78 is 10.7. The molecule has 4 heteroatoms. The van der Waals surface area contributed by atoms with Crippen molar-refractivity contribution < 1.29 is 9.47 Å². The van der Waals surface area contributed by atoms with E-state index >= 15 is 0 Å². The average Bonchev–Trinajstić information content (AvgIpc) is 2.99. The van der Waals surface area contributed by atoms with Gasteiger partial charge in [0, 0.05) is 19.1 Å². The number of likely N-dealkylation sites (N-methyl/N-ethyl adjacent to an activating group) is 1. The van der Waals surface area contributed by atoms with Gasteiger partial charge in [0.25, 0.3) is 0 Å². The molecule has 0 amide bonds. The summed E-state index contributed by atoms with van der Waals surface area (Å²) in [4.78, 5) is 2.40. The minimum atomic E-state index is 0.348. The zero-order valence-electron chi connectivity index (χ0n) is 10.1. The van der Waals surface area contributed by atoms with Gasteiger partial charge in [-0.05, 0) is 37.7 Å². The lowest BCUT2D eigenvalue weighted by atomic mass is 10.1.